The van der Waals surface area contributed by atoms with Crippen LogP contribution in [0.3, 0.4) is 0 Å². The Kier molecular flexibility index (Phi) is 5.38. The van der Waals surface area contributed by atoms with E-state index in [2.05, 4.69) is 10.6 Å². The van der Waals surface area contributed by atoms with Crippen molar-refractivity contribution in [3.8, 4) is 0 Å². The Morgan fingerprint density at radius 1 is 1.23 bits per heavy atom. The van der Waals surface area contributed by atoms with E-state index in [-0.39, 0.29) is 12.1 Å². The first-order chi connectivity index (χ1) is 12.3. The molecule has 1 aliphatic rings. The van der Waals surface area contributed by atoms with Gasteiger partial charge in [-0.25, -0.2) is 13.2 Å². The molecule has 0 spiro atoms. The van der Waals surface area contributed by atoms with Crippen molar-refractivity contribution in [2.75, 3.05) is 17.1 Å². The lowest BCUT2D eigenvalue weighted by Crippen LogP contribution is -2.43. The molecule has 8 heteroatoms. The van der Waals surface area contributed by atoms with Crippen molar-refractivity contribution < 1.29 is 13.2 Å². The first kappa shape index (κ1) is 18.5. The molecule has 1 unspecified atom stereocenters. The molecular formula is C18H20ClN3O3S. The third-order valence-electron chi connectivity index (χ3n) is 4.25. The Labute approximate surface area is 158 Å². The van der Waals surface area contributed by atoms with Gasteiger partial charge in [-0.1, -0.05) is 41.9 Å². The number of benzene rings is 2. The van der Waals surface area contributed by atoms with Gasteiger partial charge in [-0.2, -0.15) is 0 Å². The molecule has 2 aromatic carbocycles. The molecule has 0 fully saturated rings. The second-order valence-corrected chi connectivity index (χ2v) is 8.54. The van der Waals surface area contributed by atoms with Crippen LogP contribution in [0.2, 0.25) is 5.02 Å². The van der Waals surface area contributed by atoms with Gasteiger partial charge in [-0.15, -0.1) is 0 Å². The molecular weight excluding hydrogens is 374 g/mol. The van der Waals surface area contributed by atoms with Crippen LogP contribution in [0.5, 0.6) is 0 Å². The van der Waals surface area contributed by atoms with Gasteiger partial charge in [0.25, 0.3) is 0 Å². The zero-order valence-electron chi connectivity index (χ0n) is 14.3. The van der Waals surface area contributed by atoms with E-state index in [9.17, 15) is 13.2 Å². The quantitative estimate of drug-likeness (QED) is 0.837. The predicted octanol–water partition coefficient (Wildman–Crippen LogP) is 3.05. The Bertz CT molecular complexity index is 917. The molecule has 26 heavy (non-hydrogen) atoms. The van der Waals surface area contributed by atoms with E-state index in [1.807, 2.05) is 24.3 Å². The number of nitrogens with one attached hydrogen (secondary N) is 2. The minimum absolute atomic E-state index is 0.247. The maximum Gasteiger partial charge on any atom is 0.315 e. The number of anilines is 1. The molecule has 0 aromatic heterocycles. The van der Waals surface area contributed by atoms with Gasteiger partial charge >= 0.3 is 6.03 Å². The lowest BCUT2D eigenvalue weighted by Gasteiger charge is -2.34. The zero-order valence-corrected chi connectivity index (χ0v) is 15.8. The number of hydrogen-bond donors (Lipinski definition) is 2. The fourth-order valence-corrected chi connectivity index (χ4v) is 4.24. The summed E-state index contributed by atoms with van der Waals surface area (Å²) in [4.78, 5) is 12.3. The van der Waals surface area contributed by atoms with Crippen LogP contribution in [-0.2, 0) is 16.6 Å². The summed E-state index contributed by atoms with van der Waals surface area (Å²) in [5.41, 5.74) is 2.31. The normalized spacial score (nSPS) is 16.7. The van der Waals surface area contributed by atoms with E-state index >= 15 is 0 Å². The lowest BCUT2D eigenvalue weighted by atomic mass is 9.98. The van der Waals surface area contributed by atoms with E-state index in [1.54, 1.807) is 24.3 Å². The third-order valence-corrected chi connectivity index (χ3v) is 5.66. The fourth-order valence-electron chi connectivity index (χ4n) is 3.06. The highest BCUT2D eigenvalue weighted by Gasteiger charge is 2.30. The van der Waals surface area contributed by atoms with Gasteiger partial charge in [0, 0.05) is 18.1 Å². The monoisotopic (exact) mass is 393 g/mol. The second-order valence-electron chi connectivity index (χ2n) is 6.19. The average molecular weight is 394 g/mol. The predicted molar refractivity (Wildman–Crippen MR) is 103 cm³/mol. The highest BCUT2D eigenvalue weighted by Crippen LogP contribution is 2.34. The molecule has 0 aliphatic carbocycles. The Morgan fingerprint density at radius 3 is 2.73 bits per heavy atom. The summed E-state index contributed by atoms with van der Waals surface area (Å²) in [6.07, 6.45) is 1.70. The molecule has 1 aliphatic heterocycles. The van der Waals surface area contributed by atoms with Crippen molar-refractivity contribution in [3.05, 3.63) is 64.7 Å². The van der Waals surface area contributed by atoms with Crippen molar-refractivity contribution in [2.24, 2.45) is 0 Å². The average Bonchev–Trinajstić information content (AvgIpc) is 2.59. The molecule has 2 aromatic rings. The number of para-hydroxylation sites is 1. The standard InChI is InChI=1S/C18H20ClN3O3S/c1-26(24,25)22-10-9-16(15-7-2-3-8-17(15)22)21-18(23)20-12-13-5-4-6-14(19)11-13/h2-8,11,16H,9-10,12H2,1H3,(H2,20,21,23). The number of rotatable bonds is 4. The Morgan fingerprint density at radius 2 is 2.00 bits per heavy atom. The van der Waals surface area contributed by atoms with Crippen LogP contribution in [0.1, 0.15) is 23.6 Å². The van der Waals surface area contributed by atoms with E-state index in [0.29, 0.717) is 30.2 Å². The number of carbonyl (C=O) groups is 1. The summed E-state index contributed by atoms with van der Waals surface area (Å²) >= 11 is 5.94. The molecule has 3 rings (SSSR count). The fraction of sp³-hybridized carbons (Fsp3) is 0.278. The highest BCUT2D eigenvalue weighted by atomic mass is 35.5. The zero-order chi connectivity index (χ0) is 18.7. The van der Waals surface area contributed by atoms with E-state index in [4.69, 9.17) is 11.6 Å². The van der Waals surface area contributed by atoms with Gasteiger partial charge in [-0.05, 0) is 35.7 Å². The molecule has 2 N–H and O–H groups in total. The molecule has 1 atom stereocenters. The van der Waals surface area contributed by atoms with Crippen LogP contribution in [0.15, 0.2) is 48.5 Å². The second kappa shape index (κ2) is 7.55. The van der Waals surface area contributed by atoms with Gasteiger partial charge in [0.2, 0.25) is 10.0 Å². The SMILES string of the molecule is CS(=O)(=O)N1CCC(NC(=O)NCc2cccc(Cl)c2)c2ccccc21. The molecule has 138 valence electrons. The van der Waals surface area contributed by atoms with E-state index in [0.717, 1.165) is 11.1 Å². The number of hydrogen-bond acceptors (Lipinski definition) is 3. The van der Waals surface area contributed by atoms with Crippen molar-refractivity contribution >= 4 is 33.3 Å². The third kappa shape index (κ3) is 4.28. The van der Waals surface area contributed by atoms with E-state index in [1.165, 1.54) is 10.6 Å². The molecule has 0 bridgehead atoms. The van der Waals surface area contributed by atoms with E-state index < -0.39 is 10.0 Å². The smallest absolute Gasteiger partial charge is 0.315 e. The molecule has 6 nitrogen and oxygen atoms in total. The molecule has 1 heterocycles. The van der Waals surface area contributed by atoms with Gasteiger partial charge in [0.05, 0.1) is 18.0 Å². The van der Waals surface area contributed by atoms with Crippen LogP contribution in [-0.4, -0.2) is 27.2 Å². The molecule has 0 radical (unpaired) electrons. The largest absolute Gasteiger partial charge is 0.334 e. The summed E-state index contributed by atoms with van der Waals surface area (Å²) in [6, 6.07) is 13.9. The molecule has 2 amide bonds. The van der Waals surface area contributed by atoms with Crippen molar-refractivity contribution in [1.82, 2.24) is 10.6 Å². The maximum absolute atomic E-state index is 12.3. The number of fused-ring (bicyclic) bond motifs is 1. The summed E-state index contributed by atoms with van der Waals surface area (Å²) in [5.74, 6) is 0. The Balaban J connectivity index is 1.69. The minimum atomic E-state index is -3.35. The van der Waals surface area contributed by atoms with Crippen LogP contribution in [0, 0.1) is 0 Å². The number of nitrogens with zero attached hydrogens (tertiary/aromatic N) is 1. The van der Waals surface area contributed by atoms with Gasteiger partial charge in [0.15, 0.2) is 0 Å². The number of amides is 2. The maximum atomic E-state index is 12.3. The lowest BCUT2D eigenvalue weighted by molar-refractivity contribution is 0.236. The van der Waals surface area contributed by atoms with Gasteiger partial charge in [0.1, 0.15) is 0 Å². The topological polar surface area (TPSA) is 78.5 Å². The van der Waals surface area contributed by atoms with Gasteiger partial charge < -0.3 is 10.6 Å². The van der Waals surface area contributed by atoms with Crippen LogP contribution < -0.4 is 14.9 Å². The summed E-state index contributed by atoms with van der Waals surface area (Å²) in [7, 11) is -3.35. The molecule has 0 saturated carbocycles. The number of urea groups is 1. The molecule has 0 saturated heterocycles. The summed E-state index contributed by atoms with van der Waals surface area (Å²) < 4.78 is 25.3. The highest BCUT2D eigenvalue weighted by molar-refractivity contribution is 7.92. The first-order valence-corrected chi connectivity index (χ1v) is 10.4. The Hall–Kier alpha value is -2.25. The van der Waals surface area contributed by atoms with Crippen molar-refractivity contribution in [2.45, 2.75) is 19.0 Å². The number of sulfonamides is 1. The summed E-state index contributed by atoms with van der Waals surface area (Å²) in [6.45, 7) is 0.686. The van der Waals surface area contributed by atoms with Crippen molar-refractivity contribution in [3.63, 3.8) is 0 Å². The van der Waals surface area contributed by atoms with Crippen molar-refractivity contribution in [1.29, 1.82) is 0 Å². The number of carbonyl (C=O) groups excluding carboxylic acids is 1. The van der Waals surface area contributed by atoms with Gasteiger partial charge in [-0.3, -0.25) is 4.31 Å². The number of halogens is 1. The van der Waals surface area contributed by atoms with Crippen LogP contribution >= 0.6 is 11.6 Å². The van der Waals surface area contributed by atoms with Crippen LogP contribution in [0.25, 0.3) is 0 Å². The minimum Gasteiger partial charge on any atom is -0.334 e. The summed E-state index contributed by atoms with van der Waals surface area (Å²) in [5, 5.41) is 6.35. The first-order valence-electron chi connectivity index (χ1n) is 8.20. The van der Waals surface area contributed by atoms with Crippen LogP contribution in [0.4, 0.5) is 10.5 Å².